The first-order valence-electron chi connectivity index (χ1n) is 8.83. The Kier molecular flexibility index (Phi) is 4.79. The van der Waals surface area contributed by atoms with E-state index in [1.807, 2.05) is 35.0 Å². The Morgan fingerprint density at radius 1 is 0.692 bits per heavy atom. The van der Waals surface area contributed by atoms with Gasteiger partial charge in [0.1, 0.15) is 5.82 Å². The second kappa shape index (κ2) is 7.70. The van der Waals surface area contributed by atoms with E-state index in [0.717, 1.165) is 30.2 Å². The van der Waals surface area contributed by atoms with Crippen LogP contribution in [0.3, 0.4) is 0 Å². The quantitative estimate of drug-likeness (QED) is 0.522. The molecular weight excluding hydrogens is 318 g/mol. The van der Waals surface area contributed by atoms with Crippen molar-refractivity contribution in [2.75, 3.05) is 5.32 Å². The summed E-state index contributed by atoms with van der Waals surface area (Å²) in [6, 6.07) is 33.3. The van der Waals surface area contributed by atoms with E-state index < -0.39 is 0 Å². The Labute approximate surface area is 153 Å². The summed E-state index contributed by atoms with van der Waals surface area (Å²) >= 11 is 0. The van der Waals surface area contributed by atoms with Crippen LogP contribution >= 0.6 is 0 Å². The van der Waals surface area contributed by atoms with Crippen molar-refractivity contribution in [2.24, 2.45) is 0 Å². The number of hydrogen-bond acceptors (Lipinski definition) is 2. The fraction of sp³-hybridized carbons (Fsp3) is 0.0870. The molecule has 3 nitrogen and oxygen atoms in total. The monoisotopic (exact) mass is 339 g/mol. The lowest BCUT2D eigenvalue weighted by atomic mass is 10.1. The highest BCUT2D eigenvalue weighted by molar-refractivity contribution is 5.63. The molecule has 0 aliphatic rings. The molecule has 0 aliphatic heterocycles. The Bertz CT molecular complexity index is 945. The molecule has 0 aliphatic carbocycles. The number of nitrogens with zero attached hydrogens (tertiary/aromatic N) is 2. The van der Waals surface area contributed by atoms with Crippen molar-refractivity contribution in [2.45, 2.75) is 13.1 Å². The molecule has 0 atom stereocenters. The number of aromatic nitrogens is 2. The van der Waals surface area contributed by atoms with E-state index in [9.17, 15) is 0 Å². The topological polar surface area (TPSA) is 29.9 Å². The second-order valence-electron chi connectivity index (χ2n) is 6.26. The van der Waals surface area contributed by atoms with Crippen molar-refractivity contribution >= 4 is 5.82 Å². The minimum absolute atomic E-state index is 0.741. The molecule has 0 fully saturated rings. The van der Waals surface area contributed by atoms with Gasteiger partial charge in [-0.15, -0.1) is 0 Å². The Morgan fingerprint density at radius 2 is 1.27 bits per heavy atom. The van der Waals surface area contributed by atoms with Gasteiger partial charge in [-0.25, -0.2) is 4.68 Å². The third-order valence-electron chi connectivity index (χ3n) is 4.34. The van der Waals surface area contributed by atoms with Crippen LogP contribution in [0.25, 0.3) is 11.3 Å². The van der Waals surface area contributed by atoms with E-state index in [4.69, 9.17) is 5.10 Å². The van der Waals surface area contributed by atoms with Gasteiger partial charge in [0, 0.05) is 18.2 Å². The van der Waals surface area contributed by atoms with Crippen molar-refractivity contribution in [1.29, 1.82) is 0 Å². The Hall–Kier alpha value is -3.33. The van der Waals surface area contributed by atoms with Crippen LogP contribution in [0.15, 0.2) is 97.1 Å². The molecule has 3 aromatic carbocycles. The molecule has 4 aromatic rings. The zero-order valence-electron chi connectivity index (χ0n) is 14.5. The number of rotatable bonds is 6. The molecule has 1 heterocycles. The van der Waals surface area contributed by atoms with Crippen molar-refractivity contribution in [3.05, 3.63) is 108 Å². The summed E-state index contributed by atoms with van der Waals surface area (Å²) in [7, 11) is 0. The van der Waals surface area contributed by atoms with Crippen LogP contribution in [-0.4, -0.2) is 9.78 Å². The van der Waals surface area contributed by atoms with E-state index in [-0.39, 0.29) is 0 Å². The maximum Gasteiger partial charge on any atom is 0.125 e. The lowest BCUT2D eigenvalue weighted by Gasteiger charge is -2.10. The lowest BCUT2D eigenvalue weighted by molar-refractivity contribution is 0.693. The number of nitrogens with one attached hydrogen (secondary N) is 1. The van der Waals surface area contributed by atoms with Crippen LogP contribution in [0.5, 0.6) is 0 Å². The van der Waals surface area contributed by atoms with Crippen molar-refractivity contribution in [1.82, 2.24) is 9.78 Å². The average molecular weight is 339 g/mol. The van der Waals surface area contributed by atoms with Crippen molar-refractivity contribution < 1.29 is 0 Å². The van der Waals surface area contributed by atoms with E-state index in [2.05, 4.69) is 72.0 Å². The average Bonchev–Trinajstić information content (AvgIpc) is 3.11. The first-order valence-corrected chi connectivity index (χ1v) is 8.83. The van der Waals surface area contributed by atoms with Gasteiger partial charge in [0.25, 0.3) is 0 Å². The van der Waals surface area contributed by atoms with Crippen LogP contribution in [0.1, 0.15) is 11.1 Å². The first kappa shape index (κ1) is 16.2. The van der Waals surface area contributed by atoms with Crippen LogP contribution in [0.2, 0.25) is 0 Å². The Morgan fingerprint density at radius 3 is 1.92 bits per heavy atom. The van der Waals surface area contributed by atoms with Gasteiger partial charge in [-0.3, -0.25) is 0 Å². The predicted molar refractivity (Wildman–Crippen MR) is 107 cm³/mol. The van der Waals surface area contributed by atoms with Gasteiger partial charge in [-0.2, -0.15) is 5.10 Å². The highest BCUT2D eigenvalue weighted by Gasteiger charge is 2.10. The maximum absolute atomic E-state index is 4.84. The van der Waals surface area contributed by atoms with E-state index in [1.54, 1.807) is 0 Å². The summed E-state index contributed by atoms with van der Waals surface area (Å²) in [5.41, 5.74) is 4.60. The molecule has 0 saturated heterocycles. The molecule has 4 rings (SSSR count). The number of hydrogen-bond donors (Lipinski definition) is 1. The fourth-order valence-corrected chi connectivity index (χ4v) is 2.97. The molecule has 0 amide bonds. The van der Waals surface area contributed by atoms with E-state index in [1.165, 1.54) is 11.1 Å². The fourth-order valence-electron chi connectivity index (χ4n) is 2.97. The smallest absolute Gasteiger partial charge is 0.125 e. The summed E-state index contributed by atoms with van der Waals surface area (Å²) < 4.78 is 2.04. The molecule has 1 aromatic heterocycles. The summed E-state index contributed by atoms with van der Waals surface area (Å²) in [5.74, 6) is 1.02. The molecule has 3 heteroatoms. The van der Waals surface area contributed by atoms with Gasteiger partial charge in [-0.1, -0.05) is 91.0 Å². The molecule has 26 heavy (non-hydrogen) atoms. The van der Waals surface area contributed by atoms with Crippen molar-refractivity contribution in [3.63, 3.8) is 0 Å². The highest BCUT2D eigenvalue weighted by Crippen LogP contribution is 2.23. The molecule has 0 bridgehead atoms. The summed E-state index contributed by atoms with van der Waals surface area (Å²) in [6.45, 7) is 1.51. The molecule has 1 N–H and O–H groups in total. The SMILES string of the molecule is c1ccc(CNc2cc(-c3ccccc3)nn2Cc2ccccc2)cc1. The van der Waals surface area contributed by atoms with Crippen LogP contribution < -0.4 is 5.32 Å². The van der Waals surface area contributed by atoms with Gasteiger partial charge in [-0.05, 0) is 11.1 Å². The zero-order chi connectivity index (χ0) is 17.6. The van der Waals surface area contributed by atoms with Gasteiger partial charge in [0.2, 0.25) is 0 Å². The zero-order valence-corrected chi connectivity index (χ0v) is 14.5. The van der Waals surface area contributed by atoms with Gasteiger partial charge >= 0.3 is 0 Å². The van der Waals surface area contributed by atoms with Crippen LogP contribution in [0.4, 0.5) is 5.82 Å². The molecule has 0 saturated carbocycles. The minimum atomic E-state index is 0.741. The third-order valence-corrected chi connectivity index (χ3v) is 4.34. The normalized spacial score (nSPS) is 10.6. The van der Waals surface area contributed by atoms with Crippen molar-refractivity contribution in [3.8, 4) is 11.3 Å². The first-order chi connectivity index (χ1) is 12.9. The largest absolute Gasteiger partial charge is 0.366 e. The van der Waals surface area contributed by atoms with Crippen LogP contribution in [0, 0.1) is 0 Å². The third kappa shape index (κ3) is 3.83. The molecule has 128 valence electrons. The summed E-state index contributed by atoms with van der Waals surface area (Å²) in [5, 5.41) is 8.38. The number of anilines is 1. The highest BCUT2D eigenvalue weighted by atomic mass is 15.3. The lowest BCUT2D eigenvalue weighted by Crippen LogP contribution is -2.09. The standard InChI is InChI=1S/C23H21N3/c1-4-10-19(11-5-1)17-24-23-16-22(21-14-8-3-9-15-21)25-26(23)18-20-12-6-2-7-13-20/h1-16,24H,17-18H2. The predicted octanol–water partition coefficient (Wildman–Crippen LogP) is 5.21. The summed E-state index contributed by atoms with van der Waals surface area (Å²) in [6.07, 6.45) is 0. The van der Waals surface area contributed by atoms with E-state index >= 15 is 0 Å². The molecule has 0 unspecified atom stereocenters. The van der Waals surface area contributed by atoms with Gasteiger partial charge in [0.05, 0.1) is 12.2 Å². The van der Waals surface area contributed by atoms with Gasteiger partial charge < -0.3 is 5.32 Å². The Balaban J connectivity index is 1.62. The minimum Gasteiger partial charge on any atom is -0.366 e. The summed E-state index contributed by atoms with van der Waals surface area (Å²) in [4.78, 5) is 0. The van der Waals surface area contributed by atoms with E-state index in [0.29, 0.717) is 0 Å². The van der Waals surface area contributed by atoms with Crippen LogP contribution in [-0.2, 0) is 13.1 Å². The molecular formula is C23H21N3. The van der Waals surface area contributed by atoms with Gasteiger partial charge in [0.15, 0.2) is 0 Å². The molecule has 0 spiro atoms. The molecule has 0 radical (unpaired) electrons. The second-order valence-corrected chi connectivity index (χ2v) is 6.26. The number of benzene rings is 3. The maximum atomic E-state index is 4.84.